The zero-order valence-electron chi connectivity index (χ0n) is 20.0. The number of carbonyl (C=O) groups is 1. The number of aliphatic hydroxyl groups is 1. The number of aryl methyl sites for hydroxylation is 1. The molecular weight excluding hydrogens is 420 g/mol. The van der Waals surface area contributed by atoms with Crippen LogP contribution in [0.5, 0.6) is 0 Å². The number of nitrogens with one attached hydrogen (secondary N) is 1. The molecule has 0 radical (unpaired) electrons. The third-order valence-electron chi connectivity index (χ3n) is 6.10. The van der Waals surface area contributed by atoms with Crippen LogP contribution in [0.25, 0.3) is 0 Å². The number of aliphatic hydroxyl groups excluding tert-OH is 1. The molecule has 2 saturated heterocycles. The summed E-state index contributed by atoms with van der Waals surface area (Å²) >= 11 is 0. The number of hydrogen-bond donors (Lipinski definition) is 2. The maximum Gasteiger partial charge on any atom is 0.410 e. The van der Waals surface area contributed by atoms with Gasteiger partial charge >= 0.3 is 6.09 Å². The molecule has 1 amide bonds. The van der Waals surface area contributed by atoms with Gasteiger partial charge in [0.2, 0.25) is 0 Å². The number of rotatable bonds is 5. The average molecular weight is 455 g/mol. The highest BCUT2D eigenvalue weighted by Gasteiger charge is 2.59. The molecule has 0 bridgehead atoms. The van der Waals surface area contributed by atoms with E-state index in [1.54, 1.807) is 18.0 Å². The topological polar surface area (TPSA) is 87.2 Å². The van der Waals surface area contributed by atoms with Gasteiger partial charge in [0.25, 0.3) is 0 Å². The summed E-state index contributed by atoms with van der Waals surface area (Å²) in [5.41, 5.74) is 2.69. The van der Waals surface area contributed by atoms with Crippen LogP contribution in [0.1, 0.15) is 44.5 Å². The van der Waals surface area contributed by atoms with E-state index < -0.39 is 17.4 Å². The van der Waals surface area contributed by atoms with Crippen molar-refractivity contribution in [1.82, 2.24) is 14.9 Å². The molecule has 8 heteroatoms. The van der Waals surface area contributed by atoms with E-state index >= 15 is 0 Å². The lowest BCUT2D eigenvalue weighted by atomic mass is 9.84. The molecule has 33 heavy (non-hydrogen) atoms. The van der Waals surface area contributed by atoms with Crippen LogP contribution in [0.2, 0.25) is 0 Å². The number of amides is 1. The Bertz CT molecular complexity index is 989. The number of nitrogens with zero attached hydrogens (tertiary/aromatic N) is 3. The smallest absolute Gasteiger partial charge is 0.410 e. The predicted molar refractivity (Wildman–Crippen MR) is 125 cm³/mol. The normalized spacial score (nSPS) is 23.9. The molecular formula is C25H34N4O4. The molecule has 2 aliphatic heterocycles. The van der Waals surface area contributed by atoms with E-state index in [2.05, 4.69) is 36.5 Å². The quantitative estimate of drug-likeness (QED) is 0.667. The van der Waals surface area contributed by atoms with Crippen molar-refractivity contribution in [3.8, 4) is 0 Å². The third-order valence-corrected chi connectivity index (χ3v) is 6.10. The van der Waals surface area contributed by atoms with Crippen LogP contribution in [0, 0.1) is 12.8 Å². The second kappa shape index (κ2) is 8.93. The Labute approximate surface area is 195 Å². The van der Waals surface area contributed by atoms with Gasteiger partial charge in [-0.25, -0.2) is 4.79 Å². The van der Waals surface area contributed by atoms with Crippen molar-refractivity contribution in [2.24, 2.45) is 5.92 Å². The van der Waals surface area contributed by atoms with E-state index in [9.17, 15) is 9.90 Å². The van der Waals surface area contributed by atoms with Gasteiger partial charge in [-0.1, -0.05) is 29.8 Å². The average Bonchev–Trinajstić information content (AvgIpc) is 3.26. The summed E-state index contributed by atoms with van der Waals surface area (Å²) in [5, 5.41) is 14.8. The summed E-state index contributed by atoms with van der Waals surface area (Å²) in [5.74, 6) is 0.0322. The minimum absolute atomic E-state index is 0.0322. The van der Waals surface area contributed by atoms with Gasteiger partial charge in [-0.15, -0.1) is 0 Å². The standard InChI is InChI=1S/C25H34N4O4/c1-17-6-8-19(9-7-17)13-29-25(22-12-21(10-11-26-22)27-18(2)30)16-28(14-20(25)15-32-29)23(31)33-24(3,4)5/h6-12,18,20,30H,13-16H2,1-5H3,(H,26,27). The first-order chi connectivity index (χ1) is 15.6. The fraction of sp³-hybridized carbons (Fsp3) is 0.520. The maximum atomic E-state index is 13.0. The second-order valence-corrected chi connectivity index (χ2v) is 10.1. The lowest BCUT2D eigenvalue weighted by Gasteiger charge is -2.36. The van der Waals surface area contributed by atoms with Crippen LogP contribution in [0.3, 0.4) is 0 Å². The fourth-order valence-electron chi connectivity index (χ4n) is 4.60. The van der Waals surface area contributed by atoms with Crippen molar-refractivity contribution in [3.63, 3.8) is 0 Å². The summed E-state index contributed by atoms with van der Waals surface area (Å²) in [6.45, 7) is 11.3. The Morgan fingerprint density at radius 1 is 1.33 bits per heavy atom. The SMILES string of the molecule is Cc1ccc(CN2OCC3CN(C(=O)OC(C)(C)C)CC32c2cc(NC(C)O)ccn2)cc1. The van der Waals surface area contributed by atoms with E-state index in [0.29, 0.717) is 26.2 Å². The van der Waals surface area contributed by atoms with Crippen LogP contribution in [0.4, 0.5) is 10.5 Å². The van der Waals surface area contributed by atoms with Crippen LogP contribution in [-0.2, 0) is 21.7 Å². The first kappa shape index (κ1) is 23.5. The van der Waals surface area contributed by atoms with Gasteiger partial charge in [0, 0.05) is 24.3 Å². The number of anilines is 1. The van der Waals surface area contributed by atoms with E-state index in [1.807, 2.05) is 38.0 Å². The van der Waals surface area contributed by atoms with Gasteiger partial charge in [-0.2, -0.15) is 5.06 Å². The van der Waals surface area contributed by atoms with Crippen molar-refractivity contribution < 1.29 is 19.5 Å². The number of pyridine rings is 1. The number of likely N-dealkylation sites (tertiary alicyclic amines) is 1. The van der Waals surface area contributed by atoms with Gasteiger partial charge in [0.1, 0.15) is 17.4 Å². The largest absolute Gasteiger partial charge is 0.444 e. The molecule has 1 aromatic heterocycles. The Balaban J connectivity index is 1.69. The summed E-state index contributed by atoms with van der Waals surface area (Å²) in [4.78, 5) is 25.6. The molecule has 3 heterocycles. The maximum absolute atomic E-state index is 13.0. The van der Waals surface area contributed by atoms with Crippen LogP contribution in [0.15, 0.2) is 42.6 Å². The van der Waals surface area contributed by atoms with Crippen LogP contribution >= 0.6 is 0 Å². The zero-order chi connectivity index (χ0) is 23.8. The molecule has 0 spiro atoms. The summed E-state index contributed by atoms with van der Waals surface area (Å²) < 4.78 is 5.67. The summed E-state index contributed by atoms with van der Waals surface area (Å²) in [6.07, 6.45) is 0.702. The number of ether oxygens (including phenoxy) is 1. The van der Waals surface area contributed by atoms with E-state index in [4.69, 9.17) is 14.6 Å². The first-order valence-electron chi connectivity index (χ1n) is 11.4. The number of carbonyl (C=O) groups excluding carboxylic acids is 1. The van der Waals surface area contributed by atoms with Crippen LogP contribution in [-0.4, -0.2) is 57.7 Å². The molecule has 1 aromatic carbocycles. The van der Waals surface area contributed by atoms with Crippen molar-refractivity contribution in [2.75, 3.05) is 25.0 Å². The molecule has 3 unspecified atom stereocenters. The third kappa shape index (κ3) is 4.98. The minimum atomic E-state index is -0.695. The molecule has 2 aromatic rings. The molecule has 8 nitrogen and oxygen atoms in total. The monoisotopic (exact) mass is 454 g/mol. The van der Waals surface area contributed by atoms with Crippen molar-refractivity contribution in [1.29, 1.82) is 0 Å². The number of hydroxylamine groups is 2. The number of benzene rings is 1. The Kier molecular flexibility index (Phi) is 6.35. The first-order valence-corrected chi connectivity index (χ1v) is 11.4. The molecule has 0 aliphatic carbocycles. The molecule has 3 atom stereocenters. The summed E-state index contributed by atoms with van der Waals surface area (Å²) in [7, 11) is 0. The highest BCUT2D eigenvalue weighted by atomic mass is 16.7. The lowest BCUT2D eigenvalue weighted by molar-refractivity contribution is -0.177. The van der Waals surface area contributed by atoms with Gasteiger partial charge in [0.15, 0.2) is 0 Å². The number of hydrogen-bond acceptors (Lipinski definition) is 7. The van der Waals surface area contributed by atoms with E-state index in [0.717, 1.165) is 16.9 Å². The number of fused-ring (bicyclic) bond motifs is 1. The zero-order valence-corrected chi connectivity index (χ0v) is 20.0. The fourth-order valence-corrected chi connectivity index (χ4v) is 4.60. The Hall–Kier alpha value is -2.68. The molecule has 178 valence electrons. The van der Waals surface area contributed by atoms with Crippen molar-refractivity contribution in [2.45, 2.75) is 58.5 Å². The molecule has 4 rings (SSSR count). The van der Waals surface area contributed by atoms with Gasteiger partial charge in [0.05, 0.1) is 25.4 Å². The molecule has 2 N–H and O–H groups in total. The Morgan fingerprint density at radius 3 is 2.73 bits per heavy atom. The summed E-state index contributed by atoms with van der Waals surface area (Å²) in [6, 6.07) is 12.1. The highest BCUT2D eigenvalue weighted by molar-refractivity contribution is 5.69. The molecule has 2 aliphatic rings. The van der Waals surface area contributed by atoms with Gasteiger partial charge < -0.3 is 20.1 Å². The second-order valence-electron chi connectivity index (χ2n) is 10.1. The van der Waals surface area contributed by atoms with E-state index in [-0.39, 0.29) is 12.0 Å². The number of aromatic nitrogens is 1. The van der Waals surface area contributed by atoms with Crippen LogP contribution < -0.4 is 5.32 Å². The van der Waals surface area contributed by atoms with E-state index in [1.165, 1.54) is 5.56 Å². The lowest BCUT2D eigenvalue weighted by Crippen LogP contribution is -2.47. The van der Waals surface area contributed by atoms with Crippen molar-refractivity contribution in [3.05, 3.63) is 59.4 Å². The minimum Gasteiger partial charge on any atom is -0.444 e. The molecule has 2 fully saturated rings. The van der Waals surface area contributed by atoms with Crippen molar-refractivity contribution >= 4 is 11.8 Å². The highest BCUT2D eigenvalue weighted by Crippen LogP contribution is 2.47. The predicted octanol–water partition coefficient (Wildman–Crippen LogP) is 3.65. The van der Waals surface area contributed by atoms with Gasteiger partial charge in [-0.05, 0) is 52.3 Å². The van der Waals surface area contributed by atoms with Gasteiger partial charge in [-0.3, -0.25) is 9.82 Å². The Morgan fingerprint density at radius 2 is 2.06 bits per heavy atom. The molecule has 0 saturated carbocycles.